The fourth-order valence-electron chi connectivity index (χ4n) is 2.70. The molecule has 0 spiro atoms. The highest BCUT2D eigenvalue weighted by Crippen LogP contribution is 2.35. The Hall–Kier alpha value is -1.31. The Balaban J connectivity index is 2.55. The molecule has 0 saturated heterocycles. The monoisotopic (exact) mass is 288 g/mol. The summed E-state index contributed by atoms with van der Waals surface area (Å²) in [5.74, 6) is 0.542. The van der Waals surface area contributed by atoms with Gasteiger partial charge in [-0.3, -0.25) is 0 Å². The Morgan fingerprint density at radius 2 is 1.80 bits per heavy atom. The molecule has 2 aromatic rings. The van der Waals surface area contributed by atoms with Gasteiger partial charge in [0.2, 0.25) is 0 Å². The molecular formula is C18H21ClO. The zero-order valence-corrected chi connectivity index (χ0v) is 12.8. The van der Waals surface area contributed by atoms with Gasteiger partial charge < -0.3 is 5.11 Å². The third kappa shape index (κ3) is 3.23. The molecule has 0 heterocycles. The van der Waals surface area contributed by atoms with Gasteiger partial charge in [0, 0.05) is 5.02 Å². The van der Waals surface area contributed by atoms with Gasteiger partial charge >= 0.3 is 0 Å². The first-order chi connectivity index (χ1) is 9.69. The Morgan fingerprint density at radius 1 is 1.05 bits per heavy atom. The summed E-state index contributed by atoms with van der Waals surface area (Å²) in [5.41, 5.74) is 4.58. The minimum atomic E-state index is 0.0642. The molecule has 1 N–H and O–H groups in total. The van der Waals surface area contributed by atoms with E-state index in [-0.39, 0.29) is 6.61 Å². The molecule has 0 aliphatic rings. The van der Waals surface area contributed by atoms with E-state index >= 15 is 0 Å². The topological polar surface area (TPSA) is 20.2 Å². The molecule has 0 aliphatic carbocycles. The second-order valence-electron chi connectivity index (χ2n) is 5.10. The minimum Gasteiger partial charge on any atom is -0.392 e. The number of halogens is 1. The minimum absolute atomic E-state index is 0.0642. The zero-order valence-electron chi connectivity index (χ0n) is 12.1. The molecule has 2 rings (SSSR count). The SMILES string of the molecule is CCC(CC)c1ccc(Cl)cc1-c1cccc(CO)c1. The van der Waals surface area contributed by atoms with Gasteiger partial charge in [-0.1, -0.05) is 49.7 Å². The molecule has 0 bridgehead atoms. The van der Waals surface area contributed by atoms with Gasteiger partial charge in [-0.05, 0) is 59.2 Å². The lowest BCUT2D eigenvalue weighted by Crippen LogP contribution is -1.99. The lowest BCUT2D eigenvalue weighted by Gasteiger charge is -2.18. The van der Waals surface area contributed by atoms with Crippen LogP contribution in [0.2, 0.25) is 5.02 Å². The van der Waals surface area contributed by atoms with E-state index in [4.69, 9.17) is 11.6 Å². The van der Waals surface area contributed by atoms with Crippen molar-refractivity contribution in [1.29, 1.82) is 0 Å². The van der Waals surface area contributed by atoms with E-state index in [0.29, 0.717) is 5.92 Å². The van der Waals surface area contributed by atoms with Crippen molar-refractivity contribution in [2.75, 3.05) is 0 Å². The fraction of sp³-hybridized carbons (Fsp3) is 0.333. The summed E-state index contributed by atoms with van der Waals surface area (Å²) in [5, 5.41) is 10.1. The van der Waals surface area contributed by atoms with Crippen molar-refractivity contribution in [3.8, 4) is 11.1 Å². The summed E-state index contributed by atoms with van der Waals surface area (Å²) in [7, 11) is 0. The summed E-state index contributed by atoms with van der Waals surface area (Å²) in [6, 6.07) is 14.2. The van der Waals surface area contributed by atoms with Crippen LogP contribution in [-0.2, 0) is 6.61 Å². The lowest BCUT2D eigenvalue weighted by atomic mass is 9.87. The average molecular weight is 289 g/mol. The van der Waals surface area contributed by atoms with Crippen molar-refractivity contribution in [2.24, 2.45) is 0 Å². The van der Waals surface area contributed by atoms with Gasteiger partial charge in [-0.25, -0.2) is 0 Å². The van der Waals surface area contributed by atoms with Crippen molar-refractivity contribution < 1.29 is 5.11 Å². The van der Waals surface area contributed by atoms with Crippen molar-refractivity contribution >= 4 is 11.6 Å². The molecule has 106 valence electrons. The Kier molecular flexibility index (Phi) is 5.22. The van der Waals surface area contributed by atoms with Crippen LogP contribution in [0.25, 0.3) is 11.1 Å². The normalized spacial score (nSPS) is 11.1. The highest BCUT2D eigenvalue weighted by Gasteiger charge is 2.14. The quantitative estimate of drug-likeness (QED) is 0.780. The van der Waals surface area contributed by atoms with E-state index in [2.05, 4.69) is 26.0 Å². The smallest absolute Gasteiger partial charge is 0.0682 e. The van der Waals surface area contributed by atoms with Crippen LogP contribution >= 0.6 is 11.6 Å². The maximum absolute atomic E-state index is 9.31. The number of hydrogen-bond acceptors (Lipinski definition) is 1. The number of aliphatic hydroxyl groups is 1. The van der Waals surface area contributed by atoms with E-state index in [0.717, 1.165) is 29.0 Å². The van der Waals surface area contributed by atoms with Crippen LogP contribution in [0, 0.1) is 0 Å². The van der Waals surface area contributed by atoms with Crippen LogP contribution in [0.4, 0.5) is 0 Å². The van der Waals surface area contributed by atoms with Crippen LogP contribution in [-0.4, -0.2) is 5.11 Å². The maximum Gasteiger partial charge on any atom is 0.0682 e. The van der Waals surface area contributed by atoms with Gasteiger partial charge in [0.05, 0.1) is 6.61 Å². The van der Waals surface area contributed by atoms with Gasteiger partial charge in [-0.2, -0.15) is 0 Å². The van der Waals surface area contributed by atoms with Crippen LogP contribution in [0.5, 0.6) is 0 Å². The Labute approximate surface area is 126 Å². The number of rotatable bonds is 5. The maximum atomic E-state index is 9.31. The van der Waals surface area contributed by atoms with Crippen LogP contribution in [0.15, 0.2) is 42.5 Å². The van der Waals surface area contributed by atoms with E-state index in [1.165, 1.54) is 11.1 Å². The molecule has 0 saturated carbocycles. The first-order valence-corrected chi connectivity index (χ1v) is 7.57. The molecule has 0 atom stereocenters. The number of benzene rings is 2. The zero-order chi connectivity index (χ0) is 14.5. The summed E-state index contributed by atoms with van der Waals surface area (Å²) >= 11 is 6.18. The van der Waals surface area contributed by atoms with E-state index in [1.54, 1.807) is 0 Å². The Bertz CT molecular complexity index is 573. The largest absolute Gasteiger partial charge is 0.392 e. The van der Waals surface area contributed by atoms with E-state index < -0.39 is 0 Å². The third-order valence-electron chi connectivity index (χ3n) is 3.86. The fourth-order valence-corrected chi connectivity index (χ4v) is 2.87. The molecule has 0 amide bonds. The average Bonchev–Trinajstić information content (AvgIpc) is 2.50. The summed E-state index contributed by atoms with van der Waals surface area (Å²) < 4.78 is 0. The van der Waals surface area contributed by atoms with Gasteiger partial charge in [0.15, 0.2) is 0 Å². The second-order valence-corrected chi connectivity index (χ2v) is 5.54. The first-order valence-electron chi connectivity index (χ1n) is 7.19. The van der Waals surface area contributed by atoms with Gasteiger partial charge in [0.1, 0.15) is 0 Å². The predicted molar refractivity (Wildman–Crippen MR) is 86.1 cm³/mol. The van der Waals surface area contributed by atoms with Crippen LogP contribution in [0.1, 0.15) is 43.7 Å². The van der Waals surface area contributed by atoms with E-state index in [9.17, 15) is 5.11 Å². The molecule has 0 aliphatic heterocycles. The molecule has 0 fully saturated rings. The summed E-state index contributed by atoms with van der Waals surface area (Å²) in [6.45, 7) is 4.50. The standard InChI is InChI=1S/C18H21ClO/c1-3-14(4-2)17-9-8-16(19)11-18(17)15-7-5-6-13(10-15)12-20/h5-11,14,20H,3-4,12H2,1-2H3. The molecule has 0 unspecified atom stereocenters. The number of hydrogen-bond donors (Lipinski definition) is 1. The second kappa shape index (κ2) is 6.92. The first kappa shape index (κ1) is 15.1. The van der Waals surface area contributed by atoms with Gasteiger partial charge in [-0.15, -0.1) is 0 Å². The molecule has 20 heavy (non-hydrogen) atoms. The van der Waals surface area contributed by atoms with Crippen molar-refractivity contribution in [1.82, 2.24) is 0 Å². The summed E-state index contributed by atoms with van der Waals surface area (Å²) in [4.78, 5) is 0. The van der Waals surface area contributed by atoms with Gasteiger partial charge in [0.25, 0.3) is 0 Å². The van der Waals surface area contributed by atoms with E-state index in [1.807, 2.05) is 30.3 Å². The van der Waals surface area contributed by atoms with Crippen LogP contribution < -0.4 is 0 Å². The number of aliphatic hydroxyl groups excluding tert-OH is 1. The lowest BCUT2D eigenvalue weighted by molar-refractivity contribution is 0.282. The molecule has 0 aromatic heterocycles. The molecule has 2 heteroatoms. The highest BCUT2D eigenvalue weighted by molar-refractivity contribution is 6.30. The van der Waals surface area contributed by atoms with Crippen molar-refractivity contribution in [3.63, 3.8) is 0 Å². The predicted octanol–water partition coefficient (Wildman–Crippen LogP) is 5.40. The molecule has 1 nitrogen and oxygen atoms in total. The van der Waals surface area contributed by atoms with Crippen LogP contribution in [0.3, 0.4) is 0 Å². The molecular weight excluding hydrogens is 268 g/mol. The molecule has 2 aromatic carbocycles. The van der Waals surface area contributed by atoms with Crippen molar-refractivity contribution in [2.45, 2.75) is 39.2 Å². The van der Waals surface area contributed by atoms with Crippen molar-refractivity contribution in [3.05, 3.63) is 58.6 Å². The highest BCUT2D eigenvalue weighted by atomic mass is 35.5. The molecule has 0 radical (unpaired) electrons. The third-order valence-corrected chi connectivity index (χ3v) is 4.10. The summed E-state index contributed by atoms with van der Waals surface area (Å²) in [6.07, 6.45) is 2.23. The Morgan fingerprint density at radius 3 is 2.45 bits per heavy atom.